The number of hydrogen-bond acceptors (Lipinski definition) is 3. The van der Waals surface area contributed by atoms with Crippen LogP contribution in [0.3, 0.4) is 0 Å². The molecule has 1 heterocycles. The third kappa shape index (κ3) is 2.97. The number of carbonyl (C=O) groups is 1. The topological polar surface area (TPSA) is 58.6 Å². The summed E-state index contributed by atoms with van der Waals surface area (Å²) in [5, 5.41) is 13.1. The Hall–Kier alpha value is -1.52. The molecule has 0 saturated heterocycles. The molecule has 0 radical (unpaired) electrons. The van der Waals surface area contributed by atoms with Gasteiger partial charge in [-0.25, -0.2) is 0 Å². The number of benzene rings is 1. The molecule has 1 amide bonds. The summed E-state index contributed by atoms with van der Waals surface area (Å²) < 4.78 is 5.53. The Morgan fingerprint density at radius 2 is 2.30 bits per heavy atom. The van der Waals surface area contributed by atoms with Crippen LogP contribution in [0.15, 0.2) is 23.8 Å². The summed E-state index contributed by atoms with van der Waals surface area (Å²) >= 11 is 5.93. The van der Waals surface area contributed by atoms with Crippen molar-refractivity contribution in [3.05, 3.63) is 34.4 Å². The lowest BCUT2D eigenvalue weighted by Crippen LogP contribution is -2.35. The number of ether oxygens (including phenoxy) is 1. The van der Waals surface area contributed by atoms with Crippen LogP contribution >= 0.6 is 11.6 Å². The normalized spacial score (nSPS) is 18.6. The van der Waals surface area contributed by atoms with E-state index in [1.54, 1.807) is 24.3 Å². The first-order chi connectivity index (χ1) is 9.63. The van der Waals surface area contributed by atoms with Crippen LogP contribution < -0.4 is 10.1 Å². The zero-order chi connectivity index (χ0) is 14.1. The molecule has 20 heavy (non-hydrogen) atoms. The van der Waals surface area contributed by atoms with E-state index in [0.717, 1.165) is 24.2 Å². The predicted molar refractivity (Wildman–Crippen MR) is 76.7 cm³/mol. The minimum atomic E-state index is -0.439. The molecular formula is C15H16ClNO3. The fourth-order valence-corrected chi connectivity index (χ4v) is 2.42. The summed E-state index contributed by atoms with van der Waals surface area (Å²) in [6.45, 7) is 0.531. The molecule has 1 fully saturated rings. The number of aliphatic hydroxyl groups is 1. The maximum absolute atomic E-state index is 12.0. The molecule has 1 aliphatic carbocycles. The quantitative estimate of drug-likeness (QED) is 0.893. The molecular weight excluding hydrogens is 278 g/mol. The monoisotopic (exact) mass is 293 g/mol. The Morgan fingerprint density at radius 1 is 1.50 bits per heavy atom. The first-order valence-corrected chi connectivity index (χ1v) is 7.10. The van der Waals surface area contributed by atoms with Crippen LogP contribution in [-0.4, -0.2) is 30.3 Å². The van der Waals surface area contributed by atoms with Gasteiger partial charge < -0.3 is 15.2 Å². The van der Waals surface area contributed by atoms with Crippen LogP contribution in [0.1, 0.15) is 18.4 Å². The van der Waals surface area contributed by atoms with Gasteiger partial charge in [-0.1, -0.05) is 11.6 Å². The average molecular weight is 294 g/mol. The van der Waals surface area contributed by atoms with Crippen LogP contribution in [0.5, 0.6) is 5.75 Å². The molecule has 2 aliphatic rings. The molecule has 106 valence electrons. The van der Waals surface area contributed by atoms with Gasteiger partial charge in [-0.05, 0) is 43.0 Å². The smallest absolute Gasteiger partial charge is 0.250 e. The first kappa shape index (κ1) is 13.5. The van der Waals surface area contributed by atoms with Gasteiger partial charge in [0, 0.05) is 17.1 Å². The Balaban J connectivity index is 1.66. The van der Waals surface area contributed by atoms with Crippen molar-refractivity contribution in [2.24, 2.45) is 5.92 Å². The van der Waals surface area contributed by atoms with Crippen molar-refractivity contribution in [2.75, 3.05) is 13.2 Å². The molecule has 0 aromatic heterocycles. The van der Waals surface area contributed by atoms with Gasteiger partial charge in [0.15, 0.2) is 0 Å². The summed E-state index contributed by atoms with van der Waals surface area (Å²) in [6, 6.07) is 5.31. The van der Waals surface area contributed by atoms with Crippen molar-refractivity contribution in [1.29, 1.82) is 0 Å². The van der Waals surface area contributed by atoms with E-state index in [1.807, 2.05) is 0 Å². The highest BCUT2D eigenvalue weighted by atomic mass is 35.5. The van der Waals surface area contributed by atoms with Crippen LogP contribution in [0.2, 0.25) is 5.02 Å². The zero-order valence-electron chi connectivity index (χ0n) is 10.9. The molecule has 3 rings (SSSR count). The number of rotatable bonds is 4. The minimum absolute atomic E-state index is 0.199. The number of amides is 1. The summed E-state index contributed by atoms with van der Waals surface area (Å²) in [5.41, 5.74) is 1.35. The molecule has 1 atom stereocenters. The first-order valence-electron chi connectivity index (χ1n) is 6.72. The fraction of sp³-hybridized carbons (Fsp3) is 0.400. The Labute approximate surface area is 122 Å². The van der Waals surface area contributed by atoms with Crippen molar-refractivity contribution >= 4 is 23.6 Å². The van der Waals surface area contributed by atoms with Gasteiger partial charge in [-0.2, -0.15) is 0 Å². The molecule has 1 aromatic rings. The van der Waals surface area contributed by atoms with Crippen molar-refractivity contribution in [3.63, 3.8) is 0 Å². The molecule has 5 heteroatoms. The van der Waals surface area contributed by atoms with E-state index in [9.17, 15) is 9.90 Å². The third-order valence-electron chi connectivity index (χ3n) is 3.61. The Bertz CT molecular complexity index is 566. The summed E-state index contributed by atoms with van der Waals surface area (Å²) in [4.78, 5) is 12.0. The van der Waals surface area contributed by atoms with Gasteiger partial charge in [0.2, 0.25) is 0 Å². The van der Waals surface area contributed by atoms with Crippen LogP contribution in [0.4, 0.5) is 0 Å². The van der Waals surface area contributed by atoms with E-state index in [4.69, 9.17) is 16.3 Å². The molecule has 0 spiro atoms. The second kappa shape index (κ2) is 5.46. The number of aliphatic hydroxyl groups excluding tert-OH is 1. The standard InChI is InChI=1S/C15H16ClNO3/c16-12-3-4-14-10(6-12)5-11(8-20-14)15(19)17-7-13(18)9-1-2-9/h3-6,9,13,18H,1-2,7-8H2,(H,17,19). The second-order valence-electron chi connectivity index (χ2n) is 5.26. The van der Waals surface area contributed by atoms with Crippen molar-refractivity contribution in [1.82, 2.24) is 5.32 Å². The molecule has 4 nitrogen and oxygen atoms in total. The zero-order valence-corrected chi connectivity index (χ0v) is 11.7. The molecule has 1 unspecified atom stereocenters. The highest BCUT2D eigenvalue weighted by Crippen LogP contribution is 2.32. The Kier molecular flexibility index (Phi) is 3.68. The van der Waals surface area contributed by atoms with E-state index in [1.165, 1.54) is 0 Å². The molecule has 1 aromatic carbocycles. The highest BCUT2D eigenvalue weighted by Gasteiger charge is 2.30. The molecule has 1 aliphatic heterocycles. The maximum Gasteiger partial charge on any atom is 0.250 e. The largest absolute Gasteiger partial charge is 0.488 e. The lowest BCUT2D eigenvalue weighted by Gasteiger charge is -2.18. The van der Waals surface area contributed by atoms with Crippen LogP contribution in [0.25, 0.3) is 6.08 Å². The van der Waals surface area contributed by atoms with E-state index in [0.29, 0.717) is 23.1 Å². The molecule has 2 N–H and O–H groups in total. The van der Waals surface area contributed by atoms with Gasteiger partial charge in [-0.15, -0.1) is 0 Å². The summed E-state index contributed by atoms with van der Waals surface area (Å²) in [5.74, 6) is 0.880. The molecule has 0 bridgehead atoms. The highest BCUT2D eigenvalue weighted by molar-refractivity contribution is 6.30. The van der Waals surface area contributed by atoms with Gasteiger partial charge >= 0.3 is 0 Å². The van der Waals surface area contributed by atoms with Crippen LogP contribution in [-0.2, 0) is 4.79 Å². The van der Waals surface area contributed by atoms with Crippen LogP contribution in [0, 0.1) is 5.92 Å². The maximum atomic E-state index is 12.0. The lowest BCUT2D eigenvalue weighted by molar-refractivity contribution is -0.118. The number of hydrogen-bond donors (Lipinski definition) is 2. The van der Waals surface area contributed by atoms with Crippen molar-refractivity contribution in [2.45, 2.75) is 18.9 Å². The van der Waals surface area contributed by atoms with E-state index >= 15 is 0 Å². The summed E-state index contributed by atoms with van der Waals surface area (Å²) in [6.07, 6.45) is 3.44. The van der Waals surface area contributed by atoms with Crippen molar-refractivity contribution < 1.29 is 14.6 Å². The predicted octanol–water partition coefficient (Wildman–Crippen LogP) is 2.00. The lowest BCUT2D eigenvalue weighted by atomic mass is 10.1. The van der Waals surface area contributed by atoms with Gasteiger partial charge in [0.05, 0.1) is 11.7 Å². The second-order valence-corrected chi connectivity index (χ2v) is 5.69. The minimum Gasteiger partial charge on any atom is -0.488 e. The van der Waals surface area contributed by atoms with E-state index in [2.05, 4.69) is 5.32 Å². The number of nitrogens with one attached hydrogen (secondary N) is 1. The fourth-order valence-electron chi connectivity index (χ4n) is 2.24. The van der Waals surface area contributed by atoms with Crippen molar-refractivity contribution in [3.8, 4) is 5.75 Å². The van der Waals surface area contributed by atoms with E-state index < -0.39 is 6.10 Å². The third-order valence-corrected chi connectivity index (χ3v) is 3.85. The summed E-state index contributed by atoms with van der Waals surface area (Å²) in [7, 11) is 0. The number of carbonyl (C=O) groups excluding carboxylic acids is 1. The SMILES string of the molecule is O=C(NCC(O)C1CC1)C1=Cc2cc(Cl)ccc2OC1. The van der Waals surface area contributed by atoms with Gasteiger partial charge in [-0.3, -0.25) is 4.79 Å². The van der Waals surface area contributed by atoms with Gasteiger partial charge in [0.25, 0.3) is 5.91 Å². The number of halogens is 1. The Morgan fingerprint density at radius 3 is 3.05 bits per heavy atom. The van der Waals surface area contributed by atoms with E-state index in [-0.39, 0.29) is 12.5 Å². The number of fused-ring (bicyclic) bond motifs is 1. The average Bonchev–Trinajstić information content (AvgIpc) is 3.28. The molecule has 1 saturated carbocycles. The van der Waals surface area contributed by atoms with Gasteiger partial charge in [0.1, 0.15) is 12.4 Å².